The van der Waals surface area contributed by atoms with Crippen LogP contribution in [-0.2, 0) is 11.3 Å². The molecule has 0 bridgehead atoms. The van der Waals surface area contributed by atoms with Crippen LogP contribution in [0.2, 0.25) is 0 Å². The number of nitrogens with zero attached hydrogens (tertiary/aromatic N) is 2. The SMILES string of the molecule is O=C(NCc1ccn2ccnc2c1)C1CC12CCNCC2. The summed E-state index contributed by atoms with van der Waals surface area (Å²) in [7, 11) is 0. The van der Waals surface area contributed by atoms with Crippen molar-refractivity contribution in [2.75, 3.05) is 13.1 Å². The number of rotatable bonds is 3. The molecule has 1 saturated heterocycles. The highest BCUT2D eigenvalue weighted by atomic mass is 16.2. The van der Waals surface area contributed by atoms with Gasteiger partial charge in [-0.2, -0.15) is 0 Å². The molecule has 1 unspecified atom stereocenters. The van der Waals surface area contributed by atoms with Crippen molar-refractivity contribution in [2.24, 2.45) is 11.3 Å². The van der Waals surface area contributed by atoms with Crippen LogP contribution in [0.5, 0.6) is 0 Å². The molecule has 0 aromatic carbocycles. The molecular formula is C16H20N4O. The summed E-state index contributed by atoms with van der Waals surface area (Å²) in [6, 6.07) is 4.05. The van der Waals surface area contributed by atoms with Crippen LogP contribution in [0.15, 0.2) is 30.7 Å². The molecule has 5 heteroatoms. The van der Waals surface area contributed by atoms with Gasteiger partial charge in [0.15, 0.2) is 0 Å². The maximum Gasteiger partial charge on any atom is 0.223 e. The van der Waals surface area contributed by atoms with E-state index in [-0.39, 0.29) is 11.8 Å². The van der Waals surface area contributed by atoms with E-state index in [1.165, 1.54) is 0 Å². The fraction of sp³-hybridized carbons (Fsp3) is 0.500. The summed E-state index contributed by atoms with van der Waals surface area (Å²) in [5.74, 6) is 0.454. The third kappa shape index (κ3) is 2.31. The molecule has 110 valence electrons. The Balaban J connectivity index is 1.37. The van der Waals surface area contributed by atoms with E-state index in [2.05, 4.69) is 15.6 Å². The minimum atomic E-state index is 0.222. The van der Waals surface area contributed by atoms with Crippen molar-refractivity contribution in [3.63, 3.8) is 0 Å². The average Bonchev–Trinajstić information content (AvgIpc) is 2.99. The Bertz CT molecular complexity index is 672. The Hall–Kier alpha value is -1.88. The first-order valence-electron chi connectivity index (χ1n) is 7.67. The molecule has 1 aliphatic heterocycles. The van der Waals surface area contributed by atoms with Gasteiger partial charge in [0.05, 0.1) is 0 Å². The molecule has 5 nitrogen and oxygen atoms in total. The molecule has 4 rings (SSSR count). The number of hydrogen-bond donors (Lipinski definition) is 2. The molecule has 2 fully saturated rings. The molecule has 1 atom stereocenters. The van der Waals surface area contributed by atoms with Crippen molar-refractivity contribution in [3.8, 4) is 0 Å². The first kappa shape index (κ1) is 12.8. The van der Waals surface area contributed by atoms with Crippen LogP contribution in [0.25, 0.3) is 5.65 Å². The van der Waals surface area contributed by atoms with Gasteiger partial charge in [0.1, 0.15) is 5.65 Å². The zero-order valence-corrected chi connectivity index (χ0v) is 12.0. The van der Waals surface area contributed by atoms with Gasteiger partial charge in [0.25, 0.3) is 0 Å². The number of piperidine rings is 1. The summed E-state index contributed by atoms with van der Waals surface area (Å²) in [6.45, 7) is 2.70. The summed E-state index contributed by atoms with van der Waals surface area (Å²) in [4.78, 5) is 16.6. The highest BCUT2D eigenvalue weighted by molar-refractivity contribution is 5.82. The summed E-state index contributed by atoms with van der Waals surface area (Å²) in [5.41, 5.74) is 2.33. The lowest BCUT2D eigenvalue weighted by molar-refractivity contribution is -0.123. The number of carbonyl (C=O) groups is 1. The first-order valence-corrected chi connectivity index (χ1v) is 7.67. The number of amides is 1. The molecule has 0 radical (unpaired) electrons. The minimum Gasteiger partial charge on any atom is -0.352 e. The number of pyridine rings is 1. The van der Waals surface area contributed by atoms with E-state index in [9.17, 15) is 4.79 Å². The molecule has 1 amide bonds. The lowest BCUT2D eigenvalue weighted by Crippen LogP contribution is -2.33. The van der Waals surface area contributed by atoms with Gasteiger partial charge in [-0.15, -0.1) is 0 Å². The highest BCUT2D eigenvalue weighted by Crippen LogP contribution is 2.58. The quantitative estimate of drug-likeness (QED) is 0.894. The van der Waals surface area contributed by atoms with Gasteiger partial charge >= 0.3 is 0 Å². The van der Waals surface area contributed by atoms with Gasteiger partial charge in [0.2, 0.25) is 5.91 Å². The average molecular weight is 284 g/mol. The Labute approximate surface area is 123 Å². The van der Waals surface area contributed by atoms with Crippen LogP contribution < -0.4 is 10.6 Å². The second-order valence-electron chi connectivity index (χ2n) is 6.31. The van der Waals surface area contributed by atoms with Gasteiger partial charge in [-0.1, -0.05) is 0 Å². The number of aromatic nitrogens is 2. The van der Waals surface area contributed by atoms with Crippen LogP contribution in [0.3, 0.4) is 0 Å². The highest BCUT2D eigenvalue weighted by Gasteiger charge is 2.57. The molecule has 1 saturated carbocycles. The molecule has 1 aliphatic carbocycles. The van der Waals surface area contributed by atoms with Crippen LogP contribution in [0.4, 0.5) is 0 Å². The van der Waals surface area contributed by atoms with Crippen molar-refractivity contribution in [1.29, 1.82) is 0 Å². The molecule has 3 heterocycles. The van der Waals surface area contributed by atoms with Crippen molar-refractivity contribution < 1.29 is 4.79 Å². The lowest BCUT2D eigenvalue weighted by atomic mass is 9.92. The van der Waals surface area contributed by atoms with Gasteiger partial charge < -0.3 is 15.0 Å². The van der Waals surface area contributed by atoms with Crippen LogP contribution in [0.1, 0.15) is 24.8 Å². The smallest absolute Gasteiger partial charge is 0.223 e. The maximum absolute atomic E-state index is 12.3. The van der Waals surface area contributed by atoms with Gasteiger partial charge in [-0.05, 0) is 55.5 Å². The molecule has 2 aromatic heterocycles. The molecule has 2 N–H and O–H groups in total. The number of fused-ring (bicyclic) bond motifs is 1. The number of imidazole rings is 1. The van der Waals surface area contributed by atoms with Gasteiger partial charge in [-0.25, -0.2) is 4.98 Å². The van der Waals surface area contributed by atoms with Crippen molar-refractivity contribution >= 4 is 11.6 Å². The van der Waals surface area contributed by atoms with Crippen LogP contribution >= 0.6 is 0 Å². The Morgan fingerprint density at radius 3 is 3.14 bits per heavy atom. The van der Waals surface area contributed by atoms with Crippen LogP contribution in [0, 0.1) is 11.3 Å². The summed E-state index contributed by atoms with van der Waals surface area (Å²) in [5, 5.41) is 6.46. The fourth-order valence-electron chi connectivity index (χ4n) is 3.57. The van der Waals surface area contributed by atoms with E-state index < -0.39 is 0 Å². The fourth-order valence-corrected chi connectivity index (χ4v) is 3.57. The second-order valence-corrected chi connectivity index (χ2v) is 6.31. The minimum absolute atomic E-state index is 0.222. The number of nitrogens with one attached hydrogen (secondary N) is 2. The van der Waals surface area contributed by atoms with Crippen molar-refractivity contribution in [3.05, 3.63) is 36.3 Å². The van der Waals surface area contributed by atoms with Crippen LogP contribution in [-0.4, -0.2) is 28.4 Å². The summed E-state index contributed by atoms with van der Waals surface area (Å²) >= 11 is 0. The lowest BCUT2D eigenvalue weighted by Gasteiger charge is -2.23. The standard InChI is InChI=1S/C16H20N4O/c21-15(13-10-16(13)2-4-17-5-3-16)19-11-12-1-7-20-8-6-18-14(20)9-12/h1,6-9,13,17H,2-5,10-11H2,(H,19,21). The predicted molar refractivity (Wildman–Crippen MR) is 79.7 cm³/mol. The normalized spacial score (nSPS) is 23.3. The predicted octanol–water partition coefficient (Wildman–Crippen LogP) is 1.34. The van der Waals surface area contributed by atoms with E-state index >= 15 is 0 Å². The molecular weight excluding hydrogens is 264 g/mol. The Morgan fingerprint density at radius 1 is 1.43 bits per heavy atom. The maximum atomic E-state index is 12.3. The first-order chi connectivity index (χ1) is 10.3. The molecule has 21 heavy (non-hydrogen) atoms. The topological polar surface area (TPSA) is 58.4 Å². The monoisotopic (exact) mass is 284 g/mol. The number of hydrogen-bond acceptors (Lipinski definition) is 3. The van der Waals surface area contributed by atoms with E-state index in [1.54, 1.807) is 6.20 Å². The number of carbonyl (C=O) groups excluding carboxylic acids is 1. The molecule has 2 aromatic rings. The molecule has 1 spiro atoms. The zero-order valence-electron chi connectivity index (χ0n) is 12.0. The van der Waals surface area contributed by atoms with Gasteiger partial charge in [0, 0.05) is 31.1 Å². The third-order valence-corrected chi connectivity index (χ3v) is 5.03. The van der Waals surface area contributed by atoms with E-state index in [4.69, 9.17) is 0 Å². The largest absolute Gasteiger partial charge is 0.352 e. The van der Waals surface area contributed by atoms with Gasteiger partial charge in [-0.3, -0.25) is 4.79 Å². The second kappa shape index (κ2) is 4.84. The Kier molecular flexibility index (Phi) is 2.96. The summed E-state index contributed by atoms with van der Waals surface area (Å²) < 4.78 is 1.97. The molecule has 2 aliphatic rings. The third-order valence-electron chi connectivity index (χ3n) is 5.03. The van der Waals surface area contributed by atoms with E-state index in [1.807, 2.05) is 28.9 Å². The van der Waals surface area contributed by atoms with E-state index in [0.717, 1.165) is 43.6 Å². The van der Waals surface area contributed by atoms with Crippen molar-refractivity contribution in [1.82, 2.24) is 20.0 Å². The zero-order chi connectivity index (χ0) is 14.3. The van der Waals surface area contributed by atoms with Crippen molar-refractivity contribution in [2.45, 2.75) is 25.8 Å². The Morgan fingerprint density at radius 2 is 2.29 bits per heavy atom. The van der Waals surface area contributed by atoms with E-state index in [0.29, 0.717) is 12.0 Å². The summed E-state index contributed by atoms with van der Waals surface area (Å²) in [6.07, 6.45) is 9.04.